The second-order valence-electron chi connectivity index (χ2n) is 5.33. The van der Waals surface area contributed by atoms with Gasteiger partial charge in [-0.25, -0.2) is 0 Å². The molecule has 1 aliphatic heterocycles. The maximum absolute atomic E-state index is 11.5. The third kappa shape index (κ3) is 3.20. The first-order valence-electron chi connectivity index (χ1n) is 6.62. The SMILES string of the molecule is CN(CC1(O)CCOCC1)c1ccc(N)cc1C(N)=O. The third-order valence-electron chi connectivity index (χ3n) is 3.65. The molecule has 0 saturated carbocycles. The molecule has 0 radical (unpaired) electrons. The van der Waals surface area contributed by atoms with Crippen LogP contribution >= 0.6 is 0 Å². The molecule has 0 bridgehead atoms. The molecule has 0 unspecified atom stereocenters. The van der Waals surface area contributed by atoms with Gasteiger partial charge in [-0.2, -0.15) is 0 Å². The first kappa shape index (κ1) is 14.6. The second-order valence-corrected chi connectivity index (χ2v) is 5.33. The van der Waals surface area contributed by atoms with Crippen LogP contribution in [0.4, 0.5) is 11.4 Å². The van der Waals surface area contributed by atoms with E-state index >= 15 is 0 Å². The zero-order valence-corrected chi connectivity index (χ0v) is 11.6. The molecule has 0 aromatic heterocycles. The predicted octanol–water partition coefficient (Wildman–Crippen LogP) is 0.345. The van der Waals surface area contributed by atoms with Crippen molar-refractivity contribution in [1.29, 1.82) is 0 Å². The molecule has 1 fully saturated rings. The number of hydrogen-bond donors (Lipinski definition) is 3. The van der Waals surface area contributed by atoms with E-state index < -0.39 is 11.5 Å². The van der Waals surface area contributed by atoms with Crippen LogP contribution in [0.1, 0.15) is 23.2 Å². The van der Waals surface area contributed by atoms with Gasteiger partial charge in [0, 0.05) is 51.0 Å². The van der Waals surface area contributed by atoms with Crippen molar-refractivity contribution in [2.75, 3.05) is 37.4 Å². The fraction of sp³-hybridized carbons (Fsp3) is 0.500. The summed E-state index contributed by atoms with van der Waals surface area (Å²) in [6.45, 7) is 1.52. The van der Waals surface area contributed by atoms with Crippen LogP contribution < -0.4 is 16.4 Å². The number of anilines is 2. The van der Waals surface area contributed by atoms with Crippen molar-refractivity contribution < 1.29 is 14.6 Å². The van der Waals surface area contributed by atoms with Gasteiger partial charge in [0.1, 0.15) is 0 Å². The molecule has 6 nitrogen and oxygen atoms in total. The number of aliphatic hydroxyl groups is 1. The van der Waals surface area contributed by atoms with Crippen LogP contribution in [0.15, 0.2) is 18.2 Å². The van der Waals surface area contributed by atoms with Crippen molar-refractivity contribution in [1.82, 2.24) is 0 Å². The highest BCUT2D eigenvalue weighted by molar-refractivity contribution is 5.99. The summed E-state index contributed by atoms with van der Waals surface area (Å²) in [5.41, 5.74) is 11.8. The third-order valence-corrected chi connectivity index (χ3v) is 3.65. The van der Waals surface area contributed by atoms with Crippen molar-refractivity contribution >= 4 is 17.3 Å². The average molecular weight is 279 g/mol. The predicted molar refractivity (Wildman–Crippen MR) is 77.6 cm³/mol. The Kier molecular flexibility index (Phi) is 4.15. The summed E-state index contributed by atoms with van der Waals surface area (Å²) in [5.74, 6) is -0.530. The van der Waals surface area contributed by atoms with Crippen molar-refractivity contribution in [3.8, 4) is 0 Å². The fourth-order valence-corrected chi connectivity index (χ4v) is 2.52. The second kappa shape index (κ2) is 5.68. The minimum absolute atomic E-state index is 0.364. The molecule has 110 valence electrons. The molecule has 5 N–H and O–H groups in total. The molecule has 0 atom stereocenters. The molecule has 1 aliphatic rings. The number of nitrogens with zero attached hydrogens (tertiary/aromatic N) is 1. The van der Waals surface area contributed by atoms with Gasteiger partial charge in [0.15, 0.2) is 0 Å². The van der Waals surface area contributed by atoms with E-state index in [1.165, 1.54) is 0 Å². The van der Waals surface area contributed by atoms with Gasteiger partial charge in [0.05, 0.1) is 11.2 Å². The van der Waals surface area contributed by atoms with Crippen LogP contribution in [0.2, 0.25) is 0 Å². The maximum atomic E-state index is 11.5. The smallest absolute Gasteiger partial charge is 0.250 e. The molecular weight excluding hydrogens is 258 g/mol. The lowest BCUT2D eigenvalue weighted by atomic mass is 9.93. The van der Waals surface area contributed by atoms with Crippen LogP contribution in [-0.4, -0.2) is 43.4 Å². The Morgan fingerprint density at radius 3 is 2.70 bits per heavy atom. The number of nitrogens with two attached hydrogens (primary N) is 2. The maximum Gasteiger partial charge on any atom is 0.250 e. The molecule has 20 heavy (non-hydrogen) atoms. The summed E-state index contributed by atoms with van der Waals surface area (Å²) in [4.78, 5) is 13.3. The van der Waals surface area contributed by atoms with E-state index in [2.05, 4.69) is 0 Å². The minimum Gasteiger partial charge on any atom is -0.399 e. The molecular formula is C14H21N3O3. The summed E-state index contributed by atoms with van der Waals surface area (Å²) in [5, 5.41) is 10.5. The van der Waals surface area contributed by atoms with Crippen molar-refractivity contribution in [3.63, 3.8) is 0 Å². The highest BCUT2D eigenvalue weighted by Crippen LogP contribution is 2.27. The molecule has 1 amide bonds. The molecule has 0 spiro atoms. The van der Waals surface area contributed by atoms with Crippen LogP contribution in [0.3, 0.4) is 0 Å². The number of benzene rings is 1. The lowest BCUT2D eigenvalue weighted by molar-refractivity contribution is -0.0572. The summed E-state index contributed by atoms with van der Waals surface area (Å²) in [7, 11) is 1.82. The van der Waals surface area contributed by atoms with E-state index in [0.29, 0.717) is 49.5 Å². The largest absolute Gasteiger partial charge is 0.399 e. The van der Waals surface area contributed by atoms with Crippen molar-refractivity contribution in [2.24, 2.45) is 5.73 Å². The van der Waals surface area contributed by atoms with Crippen LogP contribution in [-0.2, 0) is 4.74 Å². The fourth-order valence-electron chi connectivity index (χ4n) is 2.52. The van der Waals surface area contributed by atoms with Gasteiger partial charge >= 0.3 is 0 Å². The van der Waals surface area contributed by atoms with Gasteiger partial charge in [-0.15, -0.1) is 0 Å². The van der Waals surface area contributed by atoms with Crippen LogP contribution in [0.25, 0.3) is 0 Å². The van der Waals surface area contributed by atoms with Gasteiger partial charge in [-0.1, -0.05) is 0 Å². The van der Waals surface area contributed by atoms with Gasteiger partial charge in [0.25, 0.3) is 5.91 Å². The van der Waals surface area contributed by atoms with Crippen LogP contribution in [0.5, 0.6) is 0 Å². The van der Waals surface area contributed by atoms with Gasteiger partial charge in [-0.3, -0.25) is 4.79 Å². The quantitative estimate of drug-likeness (QED) is 0.690. The molecule has 1 aromatic carbocycles. The standard InChI is InChI=1S/C14H21N3O3/c1-17(9-14(19)4-6-20-7-5-14)12-3-2-10(15)8-11(12)13(16)18/h2-3,8,19H,4-7,9,15H2,1H3,(H2,16,18). The number of ether oxygens (including phenoxy) is 1. The lowest BCUT2D eigenvalue weighted by Gasteiger charge is -2.36. The highest BCUT2D eigenvalue weighted by Gasteiger charge is 2.31. The van der Waals surface area contributed by atoms with E-state index in [1.54, 1.807) is 18.2 Å². The van der Waals surface area contributed by atoms with E-state index in [1.807, 2.05) is 11.9 Å². The van der Waals surface area contributed by atoms with E-state index in [-0.39, 0.29) is 0 Å². The monoisotopic (exact) mass is 279 g/mol. The minimum atomic E-state index is -0.802. The Labute approximate surface area is 118 Å². The zero-order valence-electron chi connectivity index (χ0n) is 11.6. The Morgan fingerprint density at radius 1 is 1.45 bits per heavy atom. The van der Waals surface area contributed by atoms with Gasteiger partial charge in [-0.05, 0) is 18.2 Å². The number of primary amides is 1. The Morgan fingerprint density at radius 2 is 2.10 bits per heavy atom. The van der Waals surface area contributed by atoms with Gasteiger partial charge in [0.2, 0.25) is 0 Å². The first-order chi connectivity index (χ1) is 9.41. The Bertz CT molecular complexity index is 498. The Hall–Kier alpha value is -1.79. The van der Waals surface area contributed by atoms with E-state index in [4.69, 9.17) is 16.2 Å². The first-order valence-corrected chi connectivity index (χ1v) is 6.62. The molecule has 1 saturated heterocycles. The lowest BCUT2D eigenvalue weighted by Crippen LogP contribution is -2.46. The average Bonchev–Trinajstić information content (AvgIpc) is 2.38. The summed E-state index contributed by atoms with van der Waals surface area (Å²) >= 11 is 0. The zero-order chi connectivity index (χ0) is 14.8. The number of rotatable bonds is 4. The van der Waals surface area contributed by atoms with E-state index in [0.717, 1.165) is 0 Å². The molecule has 6 heteroatoms. The topological polar surface area (TPSA) is 102 Å². The van der Waals surface area contributed by atoms with Crippen molar-refractivity contribution in [2.45, 2.75) is 18.4 Å². The number of nitrogen functional groups attached to an aromatic ring is 1. The number of carbonyl (C=O) groups excluding carboxylic acids is 1. The van der Waals surface area contributed by atoms with Crippen LogP contribution in [0, 0.1) is 0 Å². The molecule has 2 rings (SSSR count). The number of carbonyl (C=O) groups is 1. The normalized spacial score (nSPS) is 17.7. The number of amides is 1. The van der Waals surface area contributed by atoms with E-state index in [9.17, 15) is 9.90 Å². The van der Waals surface area contributed by atoms with Crippen molar-refractivity contribution in [3.05, 3.63) is 23.8 Å². The molecule has 1 aromatic rings. The summed E-state index contributed by atoms with van der Waals surface area (Å²) in [6, 6.07) is 5.02. The molecule has 0 aliphatic carbocycles. The summed E-state index contributed by atoms with van der Waals surface area (Å²) < 4.78 is 5.26. The molecule has 1 heterocycles. The number of likely N-dealkylation sites (N-methyl/N-ethyl adjacent to an activating group) is 1. The highest BCUT2D eigenvalue weighted by atomic mass is 16.5. The number of hydrogen-bond acceptors (Lipinski definition) is 5. The van der Waals surface area contributed by atoms with Gasteiger partial charge < -0.3 is 26.2 Å². The summed E-state index contributed by atoms with van der Waals surface area (Å²) in [6.07, 6.45) is 1.16. The Balaban J connectivity index is 2.20.